The first-order valence-electron chi connectivity index (χ1n) is 7.36. The maximum Gasteiger partial charge on any atom is 0.251 e. The van der Waals surface area contributed by atoms with Gasteiger partial charge in [0.05, 0.1) is 19.7 Å². The number of hydrogen-bond acceptors (Lipinski definition) is 3. The molecule has 2 aromatic carbocycles. The lowest BCUT2D eigenvalue weighted by molar-refractivity contribution is -0.120. The van der Waals surface area contributed by atoms with Gasteiger partial charge in [0.15, 0.2) is 0 Å². The minimum atomic E-state index is -0.314. The average Bonchev–Trinajstić information content (AvgIpc) is 2.60. The summed E-state index contributed by atoms with van der Waals surface area (Å²) in [5.74, 6) is 0.0452. The van der Waals surface area contributed by atoms with E-state index >= 15 is 0 Å². The van der Waals surface area contributed by atoms with Gasteiger partial charge in [0.25, 0.3) is 5.91 Å². The van der Waals surface area contributed by atoms with Crippen molar-refractivity contribution in [1.82, 2.24) is 10.6 Å². The topological polar surface area (TPSA) is 67.4 Å². The first-order chi connectivity index (χ1) is 11.1. The summed E-state index contributed by atoms with van der Waals surface area (Å²) in [4.78, 5) is 24.0. The lowest BCUT2D eigenvalue weighted by atomic mass is 10.1. The number of rotatable bonds is 6. The minimum absolute atomic E-state index is 0.0762. The Bertz CT molecular complexity index is 671. The maximum absolute atomic E-state index is 12.0. The number of hydrogen-bond donors (Lipinski definition) is 2. The second-order valence-corrected chi connectivity index (χ2v) is 5.11. The van der Waals surface area contributed by atoms with E-state index in [1.165, 1.54) is 7.11 Å². The Morgan fingerprint density at radius 1 is 1.09 bits per heavy atom. The predicted molar refractivity (Wildman–Crippen MR) is 88.3 cm³/mol. The van der Waals surface area contributed by atoms with Gasteiger partial charge in [-0.1, -0.05) is 36.4 Å². The normalized spacial score (nSPS) is 11.4. The van der Waals surface area contributed by atoms with E-state index in [1.54, 1.807) is 24.3 Å². The monoisotopic (exact) mass is 312 g/mol. The molecule has 0 aliphatic rings. The fourth-order valence-electron chi connectivity index (χ4n) is 2.14. The lowest BCUT2D eigenvalue weighted by Gasteiger charge is -2.14. The van der Waals surface area contributed by atoms with Crippen molar-refractivity contribution >= 4 is 11.8 Å². The van der Waals surface area contributed by atoms with Gasteiger partial charge in [0, 0.05) is 5.56 Å². The minimum Gasteiger partial charge on any atom is -0.497 e. The van der Waals surface area contributed by atoms with Crippen LogP contribution in [0.15, 0.2) is 54.6 Å². The number of methoxy groups -OCH3 is 1. The third kappa shape index (κ3) is 4.85. The predicted octanol–water partition coefficient (Wildman–Crippen LogP) is 2.30. The van der Waals surface area contributed by atoms with Crippen LogP contribution in [0, 0.1) is 0 Å². The highest BCUT2D eigenvalue weighted by molar-refractivity contribution is 5.96. The summed E-state index contributed by atoms with van der Waals surface area (Å²) < 4.78 is 5.07. The van der Waals surface area contributed by atoms with Gasteiger partial charge < -0.3 is 15.4 Å². The number of amides is 2. The molecule has 0 spiro atoms. The molecule has 0 aliphatic carbocycles. The highest BCUT2D eigenvalue weighted by Gasteiger charge is 2.11. The Balaban J connectivity index is 1.85. The van der Waals surface area contributed by atoms with Crippen LogP contribution in [0.3, 0.4) is 0 Å². The van der Waals surface area contributed by atoms with E-state index < -0.39 is 0 Å². The zero-order valence-corrected chi connectivity index (χ0v) is 13.2. The standard InChI is InChI=1S/C18H20N2O3/c1-13(14-7-4-3-5-8-14)20-17(21)12-19-18(22)15-9-6-10-16(11-15)23-2/h3-11,13H,12H2,1-2H3,(H,19,22)(H,20,21)/t13-/m1/s1. The summed E-state index contributed by atoms with van der Waals surface area (Å²) in [6, 6.07) is 16.3. The van der Waals surface area contributed by atoms with Crippen LogP contribution in [0.2, 0.25) is 0 Å². The summed E-state index contributed by atoms with van der Waals surface area (Å²) in [5.41, 5.74) is 1.47. The van der Waals surface area contributed by atoms with Crippen molar-refractivity contribution < 1.29 is 14.3 Å². The molecule has 2 aromatic rings. The van der Waals surface area contributed by atoms with E-state index in [2.05, 4.69) is 10.6 Å². The highest BCUT2D eigenvalue weighted by Crippen LogP contribution is 2.12. The summed E-state index contributed by atoms with van der Waals surface area (Å²) in [5, 5.41) is 5.45. The van der Waals surface area contributed by atoms with E-state index in [1.807, 2.05) is 37.3 Å². The first kappa shape index (κ1) is 16.5. The summed E-state index contributed by atoms with van der Waals surface area (Å²) in [6.07, 6.45) is 0. The van der Waals surface area contributed by atoms with Crippen LogP contribution in [0.25, 0.3) is 0 Å². The van der Waals surface area contributed by atoms with Crippen molar-refractivity contribution in [2.75, 3.05) is 13.7 Å². The zero-order chi connectivity index (χ0) is 16.7. The molecular weight excluding hydrogens is 292 g/mol. The molecule has 120 valence electrons. The zero-order valence-electron chi connectivity index (χ0n) is 13.2. The molecule has 2 rings (SSSR count). The summed E-state index contributed by atoms with van der Waals surface area (Å²) in [6.45, 7) is 1.82. The number of carbonyl (C=O) groups excluding carboxylic acids is 2. The van der Waals surface area contributed by atoms with Crippen LogP contribution in [-0.2, 0) is 4.79 Å². The molecule has 0 fully saturated rings. The third-order valence-corrected chi connectivity index (χ3v) is 3.42. The number of ether oxygens (including phenoxy) is 1. The van der Waals surface area contributed by atoms with Gasteiger partial charge in [-0.15, -0.1) is 0 Å². The van der Waals surface area contributed by atoms with Gasteiger partial charge >= 0.3 is 0 Å². The van der Waals surface area contributed by atoms with Crippen molar-refractivity contribution in [2.24, 2.45) is 0 Å². The van der Waals surface area contributed by atoms with Crippen molar-refractivity contribution in [3.63, 3.8) is 0 Å². The van der Waals surface area contributed by atoms with Gasteiger partial charge in [0.1, 0.15) is 5.75 Å². The first-order valence-corrected chi connectivity index (χ1v) is 7.36. The fraction of sp³-hybridized carbons (Fsp3) is 0.222. The van der Waals surface area contributed by atoms with Crippen LogP contribution >= 0.6 is 0 Å². The van der Waals surface area contributed by atoms with Crippen LogP contribution in [0.4, 0.5) is 0 Å². The molecule has 0 heterocycles. The van der Waals surface area contributed by atoms with E-state index in [0.29, 0.717) is 11.3 Å². The Kier molecular flexibility index (Phi) is 5.74. The van der Waals surface area contributed by atoms with Crippen molar-refractivity contribution in [3.05, 3.63) is 65.7 Å². The van der Waals surface area contributed by atoms with Crippen LogP contribution in [-0.4, -0.2) is 25.5 Å². The molecule has 2 N–H and O–H groups in total. The van der Waals surface area contributed by atoms with Crippen molar-refractivity contribution in [1.29, 1.82) is 0 Å². The maximum atomic E-state index is 12.0. The molecule has 0 saturated carbocycles. The largest absolute Gasteiger partial charge is 0.497 e. The summed E-state index contributed by atoms with van der Waals surface area (Å²) >= 11 is 0. The van der Waals surface area contributed by atoms with Crippen LogP contribution in [0.1, 0.15) is 28.9 Å². The van der Waals surface area contributed by atoms with Gasteiger partial charge in [-0.3, -0.25) is 9.59 Å². The molecule has 5 nitrogen and oxygen atoms in total. The Labute approximate surface area is 135 Å². The fourth-order valence-corrected chi connectivity index (χ4v) is 2.14. The molecule has 23 heavy (non-hydrogen) atoms. The molecular formula is C18H20N2O3. The molecule has 1 atom stereocenters. The third-order valence-electron chi connectivity index (χ3n) is 3.42. The number of benzene rings is 2. The quantitative estimate of drug-likeness (QED) is 0.860. The molecule has 5 heteroatoms. The van der Waals surface area contributed by atoms with E-state index in [4.69, 9.17) is 4.74 Å². The highest BCUT2D eigenvalue weighted by atomic mass is 16.5. The molecule has 0 radical (unpaired) electrons. The second-order valence-electron chi connectivity index (χ2n) is 5.11. The van der Waals surface area contributed by atoms with Crippen LogP contribution < -0.4 is 15.4 Å². The van der Waals surface area contributed by atoms with E-state index in [-0.39, 0.29) is 24.4 Å². The Morgan fingerprint density at radius 2 is 1.83 bits per heavy atom. The molecule has 2 amide bonds. The molecule has 0 aliphatic heterocycles. The van der Waals surface area contributed by atoms with Gasteiger partial charge in [-0.05, 0) is 30.7 Å². The van der Waals surface area contributed by atoms with Crippen molar-refractivity contribution in [3.8, 4) is 5.75 Å². The van der Waals surface area contributed by atoms with Crippen molar-refractivity contribution in [2.45, 2.75) is 13.0 Å². The molecule has 0 saturated heterocycles. The average molecular weight is 312 g/mol. The Morgan fingerprint density at radius 3 is 2.52 bits per heavy atom. The van der Waals surface area contributed by atoms with E-state index in [9.17, 15) is 9.59 Å². The molecule has 0 bridgehead atoms. The second kappa shape index (κ2) is 7.98. The SMILES string of the molecule is COc1cccc(C(=O)NCC(=O)N[C@H](C)c2ccccc2)c1. The van der Waals surface area contributed by atoms with Gasteiger partial charge in [0.2, 0.25) is 5.91 Å². The lowest BCUT2D eigenvalue weighted by Crippen LogP contribution is -2.38. The Hall–Kier alpha value is -2.82. The number of nitrogens with one attached hydrogen (secondary N) is 2. The van der Waals surface area contributed by atoms with E-state index in [0.717, 1.165) is 5.56 Å². The number of carbonyl (C=O) groups is 2. The van der Waals surface area contributed by atoms with Gasteiger partial charge in [-0.2, -0.15) is 0 Å². The molecule has 0 aromatic heterocycles. The summed E-state index contributed by atoms with van der Waals surface area (Å²) in [7, 11) is 1.54. The smallest absolute Gasteiger partial charge is 0.251 e. The van der Waals surface area contributed by atoms with Gasteiger partial charge in [-0.25, -0.2) is 0 Å². The molecule has 0 unspecified atom stereocenters. The van der Waals surface area contributed by atoms with Crippen LogP contribution in [0.5, 0.6) is 5.75 Å².